The molecule has 5 nitrogen and oxygen atoms in total. The van der Waals surface area contributed by atoms with Crippen molar-refractivity contribution in [1.29, 1.82) is 5.26 Å². The van der Waals surface area contributed by atoms with Crippen LogP contribution in [0.1, 0.15) is 16.8 Å². The van der Waals surface area contributed by atoms with Crippen molar-refractivity contribution in [1.82, 2.24) is 14.8 Å². The Balaban J connectivity index is 1.86. The average Bonchev–Trinajstić information content (AvgIpc) is 3.00. The topological polar surface area (TPSA) is 66.5 Å². The van der Waals surface area contributed by atoms with E-state index in [9.17, 15) is 0 Å². The first-order valence-corrected chi connectivity index (χ1v) is 6.97. The number of anilines is 1. The summed E-state index contributed by atoms with van der Waals surface area (Å²) in [5.41, 5.74) is 3.60. The van der Waals surface area contributed by atoms with Gasteiger partial charge in [-0.1, -0.05) is 18.2 Å². The number of hydrogen-bond acceptors (Lipinski definition) is 4. The molecule has 5 heteroatoms. The van der Waals surface area contributed by atoms with Gasteiger partial charge in [0.15, 0.2) is 0 Å². The second kappa shape index (κ2) is 6.10. The number of aromatic nitrogens is 3. The molecule has 2 aromatic heterocycles. The van der Waals surface area contributed by atoms with E-state index in [0.717, 1.165) is 16.9 Å². The minimum atomic E-state index is 0.537. The lowest BCUT2D eigenvalue weighted by Crippen LogP contribution is -2.07. The Hall–Kier alpha value is -3.13. The van der Waals surface area contributed by atoms with Crippen LogP contribution in [0.2, 0.25) is 0 Å². The van der Waals surface area contributed by atoms with E-state index in [4.69, 9.17) is 5.26 Å². The van der Waals surface area contributed by atoms with Gasteiger partial charge in [0.25, 0.3) is 0 Å². The van der Waals surface area contributed by atoms with Gasteiger partial charge >= 0.3 is 0 Å². The van der Waals surface area contributed by atoms with Gasteiger partial charge in [0.05, 0.1) is 16.9 Å². The predicted octanol–water partition coefficient (Wildman–Crippen LogP) is 3.06. The SMILES string of the molecule is Cc1ccn(-c2ccccc2CNc2ncccc2C#N)n1. The molecule has 1 aromatic carbocycles. The van der Waals surface area contributed by atoms with Crippen molar-refractivity contribution in [2.24, 2.45) is 0 Å². The van der Waals surface area contributed by atoms with Crippen molar-refractivity contribution in [3.63, 3.8) is 0 Å². The second-order valence-electron chi connectivity index (χ2n) is 4.90. The Morgan fingerprint density at radius 3 is 2.82 bits per heavy atom. The molecule has 22 heavy (non-hydrogen) atoms. The first kappa shape index (κ1) is 13.8. The fourth-order valence-corrected chi connectivity index (χ4v) is 2.25. The van der Waals surface area contributed by atoms with Gasteiger partial charge in [-0.05, 0) is 36.8 Å². The summed E-state index contributed by atoms with van der Waals surface area (Å²) in [5, 5.41) is 16.8. The largest absolute Gasteiger partial charge is 0.365 e. The third-order valence-corrected chi connectivity index (χ3v) is 3.34. The van der Waals surface area contributed by atoms with Crippen LogP contribution in [0.15, 0.2) is 54.9 Å². The van der Waals surface area contributed by atoms with Gasteiger partial charge in [-0.3, -0.25) is 0 Å². The molecule has 2 heterocycles. The van der Waals surface area contributed by atoms with Crippen LogP contribution in [0.3, 0.4) is 0 Å². The summed E-state index contributed by atoms with van der Waals surface area (Å²) < 4.78 is 1.86. The smallest absolute Gasteiger partial charge is 0.144 e. The molecular weight excluding hydrogens is 274 g/mol. The summed E-state index contributed by atoms with van der Waals surface area (Å²) in [5.74, 6) is 0.594. The number of rotatable bonds is 4. The minimum Gasteiger partial charge on any atom is -0.365 e. The quantitative estimate of drug-likeness (QED) is 0.801. The van der Waals surface area contributed by atoms with Crippen LogP contribution >= 0.6 is 0 Å². The highest BCUT2D eigenvalue weighted by Crippen LogP contribution is 2.17. The van der Waals surface area contributed by atoms with Gasteiger partial charge in [0.1, 0.15) is 11.9 Å². The normalized spacial score (nSPS) is 10.2. The number of aryl methyl sites for hydroxylation is 1. The molecule has 0 amide bonds. The van der Waals surface area contributed by atoms with Crippen LogP contribution in [0.5, 0.6) is 0 Å². The monoisotopic (exact) mass is 289 g/mol. The Morgan fingerprint density at radius 1 is 1.18 bits per heavy atom. The molecule has 0 bridgehead atoms. The molecule has 1 N–H and O–H groups in total. The summed E-state index contributed by atoms with van der Waals surface area (Å²) in [7, 11) is 0. The van der Waals surface area contributed by atoms with Gasteiger partial charge < -0.3 is 5.32 Å². The van der Waals surface area contributed by atoms with E-state index in [2.05, 4.69) is 21.5 Å². The highest BCUT2D eigenvalue weighted by molar-refractivity contribution is 5.52. The molecule has 0 atom stereocenters. The van der Waals surface area contributed by atoms with Crippen LogP contribution in [-0.4, -0.2) is 14.8 Å². The summed E-state index contributed by atoms with van der Waals surface area (Å²) in [6.45, 7) is 2.53. The first-order valence-electron chi connectivity index (χ1n) is 6.97. The Morgan fingerprint density at radius 2 is 2.05 bits per heavy atom. The molecule has 108 valence electrons. The zero-order valence-corrected chi connectivity index (χ0v) is 12.2. The molecule has 0 fully saturated rings. The minimum absolute atomic E-state index is 0.537. The zero-order valence-electron chi connectivity index (χ0n) is 12.2. The molecule has 0 saturated heterocycles. The maximum atomic E-state index is 9.11. The summed E-state index contributed by atoms with van der Waals surface area (Å²) in [4.78, 5) is 4.22. The summed E-state index contributed by atoms with van der Waals surface area (Å²) in [6.07, 6.45) is 3.61. The van der Waals surface area contributed by atoms with E-state index in [-0.39, 0.29) is 0 Å². The zero-order chi connectivity index (χ0) is 15.4. The maximum Gasteiger partial charge on any atom is 0.144 e. The Kier molecular flexibility index (Phi) is 3.84. The van der Waals surface area contributed by atoms with E-state index in [1.165, 1.54) is 0 Å². The number of nitriles is 1. The van der Waals surface area contributed by atoms with Crippen molar-refractivity contribution < 1.29 is 0 Å². The highest BCUT2D eigenvalue weighted by Gasteiger charge is 2.07. The third-order valence-electron chi connectivity index (χ3n) is 3.34. The predicted molar refractivity (Wildman–Crippen MR) is 84.6 cm³/mol. The average molecular weight is 289 g/mol. The van der Waals surface area contributed by atoms with Crippen molar-refractivity contribution in [3.05, 3.63) is 71.7 Å². The molecule has 0 radical (unpaired) electrons. The fraction of sp³-hybridized carbons (Fsp3) is 0.118. The highest BCUT2D eigenvalue weighted by atomic mass is 15.3. The van der Waals surface area contributed by atoms with Crippen LogP contribution in [0.25, 0.3) is 5.69 Å². The number of benzene rings is 1. The number of pyridine rings is 1. The van der Waals surface area contributed by atoms with Gasteiger partial charge in [-0.25, -0.2) is 9.67 Å². The van der Waals surface area contributed by atoms with Gasteiger partial charge in [-0.15, -0.1) is 0 Å². The van der Waals surface area contributed by atoms with Crippen LogP contribution in [-0.2, 0) is 6.54 Å². The molecule has 0 aliphatic heterocycles. The van der Waals surface area contributed by atoms with Crippen molar-refractivity contribution in [3.8, 4) is 11.8 Å². The molecule has 0 spiro atoms. The van der Waals surface area contributed by atoms with E-state index >= 15 is 0 Å². The Bertz CT molecular complexity index is 829. The maximum absolute atomic E-state index is 9.11. The third kappa shape index (κ3) is 2.81. The fourth-order valence-electron chi connectivity index (χ4n) is 2.25. The summed E-state index contributed by atoms with van der Waals surface area (Å²) in [6, 6.07) is 15.6. The van der Waals surface area contributed by atoms with Crippen LogP contribution < -0.4 is 5.32 Å². The number of para-hydroxylation sites is 1. The van der Waals surface area contributed by atoms with Crippen molar-refractivity contribution in [2.75, 3.05) is 5.32 Å². The van der Waals surface area contributed by atoms with E-state index < -0.39 is 0 Å². The molecular formula is C17H15N5. The number of hydrogen-bond donors (Lipinski definition) is 1. The van der Waals surface area contributed by atoms with Gasteiger partial charge in [0.2, 0.25) is 0 Å². The summed E-state index contributed by atoms with van der Waals surface area (Å²) >= 11 is 0. The van der Waals surface area contributed by atoms with E-state index in [0.29, 0.717) is 17.9 Å². The lowest BCUT2D eigenvalue weighted by molar-refractivity contribution is 0.848. The number of nitrogens with zero attached hydrogens (tertiary/aromatic N) is 4. The molecule has 0 unspecified atom stereocenters. The first-order chi connectivity index (χ1) is 10.8. The molecule has 0 saturated carbocycles. The lowest BCUT2D eigenvalue weighted by Gasteiger charge is -2.11. The molecule has 0 aliphatic rings. The van der Waals surface area contributed by atoms with Gasteiger partial charge in [0, 0.05) is 18.9 Å². The van der Waals surface area contributed by atoms with Gasteiger partial charge in [-0.2, -0.15) is 10.4 Å². The second-order valence-corrected chi connectivity index (χ2v) is 4.90. The number of nitrogens with one attached hydrogen (secondary N) is 1. The van der Waals surface area contributed by atoms with Crippen LogP contribution in [0.4, 0.5) is 5.82 Å². The molecule has 3 aromatic rings. The van der Waals surface area contributed by atoms with Crippen molar-refractivity contribution in [2.45, 2.75) is 13.5 Å². The lowest BCUT2D eigenvalue weighted by atomic mass is 10.1. The molecule has 3 rings (SSSR count). The molecule has 0 aliphatic carbocycles. The van der Waals surface area contributed by atoms with Crippen LogP contribution in [0, 0.1) is 18.3 Å². The van der Waals surface area contributed by atoms with Crippen molar-refractivity contribution >= 4 is 5.82 Å². The van der Waals surface area contributed by atoms with E-state index in [1.54, 1.807) is 18.3 Å². The standard InChI is InChI=1S/C17H15N5/c1-13-8-10-22(21-13)16-7-3-2-5-15(16)12-20-17-14(11-18)6-4-9-19-17/h2-10H,12H2,1H3,(H,19,20). The Labute approximate surface area is 128 Å². The van der Waals surface area contributed by atoms with E-state index in [1.807, 2.05) is 48.1 Å².